The Morgan fingerprint density at radius 2 is 1.88 bits per heavy atom. The zero-order valence-electron chi connectivity index (χ0n) is 13.9. The maximum atomic E-state index is 9.62. The summed E-state index contributed by atoms with van der Waals surface area (Å²) in [5.74, 6) is 1.06. The quantitative estimate of drug-likeness (QED) is 0.534. The van der Waals surface area contributed by atoms with Crippen LogP contribution in [0.5, 0.6) is 5.75 Å². The molecule has 0 saturated heterocycles. The number of aryl methyl sites for hydroxylation is 2. The molecule has 2 aromatic carbocycles. The smallest absolute Gasteiger partial charge is 0.157 e. The molecule has 4 aromatic rings. The van der Waals surface area contributed by atoms with E-state index in [1.165, 1.54) is 0 Å². The third kappa shape index (κ3) is 2.36. The average Bonchev–Trinajstić information content (AvgIpc) is 2.97. The van der Waals surface area contributed by atoms with Crippen molar-refractivity contribution in [1.29, 1.82) is 5.26 Å². The van der Waals surface area contributed by atoms with Gasteiger partial charge in [-0.15, -0.1) is 0 Å². The molecule has 5 nitrogen and oxygen atoms in total. The second-order valence-electron chi connectivity index (χ2n) is 6.08. The van der Waals surface area contributed by atoms with Crippen LogP contribution in [-0.4, -0.2) is 14.5 Å². The molecule has 0 amide bonds. The highest BCUT2D eigenvalue weighted by atomic mass is 16.3. The highest BCUT2D eigenvalue weighted by Gasteiger charge is 2.15. The second-order valence-corrected chi connectivity index (χ2v) is 6.08. The molecule has 2 heterocycles. The summed E-state index contributed by atoms with van der Waals surface area (Å²) in [6.45, 7) is 3.84. The molecule has 0 fully saturated rings. The van der Waals surface area contributed by atoms with E-state index in [-0.39, 0.29) is 5.75 Å². The highest BCUT2D eigenvalue weighted by Crippen LogP contribution is 2.30. The number of phenols is 1. The van der Waals surface area contributed by atoms with E-state index in [0.29, 0.717) is 11.2 Å². The number of aromatic hydroxyl groups is 1. The van der Waals surface area contributed by atoms with E-state index in [0.717, 1.165) is 33.7 Å². The first-order chi connectivity index (χ1) is 12.1. The summed E-state index contributed by atoms with van der Waals surface area (Å²) in [6.07, 6.45) is 0. The van der Waals surface area contributed by atoms with Gasteiger partial charge in [-0.3, -0.25) is 4.40 Å². The Kier molecular flexibility index (Phi) is 3.33. The van der Waals surface area contributed by atoms with E-state index >= 15 is 0 Å². The molecular weight excluding hydrogens is 312 g/mol. The predicted octanol–water partition coefficient (Wildman–Crippen LogP) is 4.43. The van der Waals surface area contributed by atoms with Gasteiger partial charge in [-0.05, 0) is 61.4 Å². The van der Waals surface area contributed by atoms with Crippen molar-refractivity contribution in [2.45, 2.75) is 13.8 Å². The molecule has 4 rings (SSSR count). The van der Waals surface area contributed by atoms with Gasteiger partial charge in [-0.1, -0.05) is 12.1 Å². The van der Waals surface area contributed by atoms with E-state index in [1.807, 2.05) is 54.6 Å². The minimum atomic E-state index is 0.234. The van der Waals surface area contributed by atoms with E-state index in [1.54, 1.807) is 12.1 Å². The van der Waals surface area contributed by atoms with Crippen molar-refractivity contribution < 1.29 is 5.11 Å². The number of fused-ring (bicyclic) bond motifs is 3. The molecule has 0 atom stereocenters. The molecule has 122 valence electrons. The Bertz CT molecular complexity index is 1170. The zero-order valence-corrected chi connectivity index (χ0v) is 13.9. The van der Waals surface area contributed by atoms with Crippen LogP contribution in [0.3, 0.4) is 0 Å². The van der Waals surface area contributed by atoms with E-state index in [9.17, 15) is 10.4 Å². The SMILES string of the molecule is Cc1cc(O)ccc1Nc1cc(C)c(C#N)c2nc3ccccc3n12. The Hall–Kier alpha value is -3.52. The Balaban J connectivity index is 2.02. The highest BCUT2D eigenvalue weighted by molar-refractivity contribution is 5.86. The van der Waals surface area contributed by atoms with Crippen LogP contribution < -0.4 is 5.32 Å². The number of para-hydroxylation sites is 2. The molecular formula is C20H16N4O. The fraction of sp³-hybridized carbons (Fsp3) is 0.100. The lowest BCUT2D eigenvalue weighted by Crippen LogP contribution is -2.02. The van der Waals surface area contributed by atoms with Crippen LogP contribution in [0.25, 0.3) is 16.7 Å². The number of pyridine rings is 1. The largest absolute Gasteiger partial charge is 0.508 e. The molecule has 0 unspecified atom stereocenters. The summed E-state index contributed by atoms with van der Waals surface area (Å²) in [5, 5.41) is 22.6. The van der Waals surface area contributed by atoms with Crippen molar-refractivity contribution >= 4 is 28.2 Å². The summed E-state index contributed by atoms with van der Waals surface area (Å²) in [7, 11) is 0. The first kappa shape index (κ1) is 15.0. The van der Waals surface area contributed by atoms with Gasteiger partial charge < -0.3 is 10.4 Å². The van der Waals surface area contributed by atoms with Crippen LogP contribution in [0.2, 0.25) is 0 Å². The first-order valence-corrected chi connectivity index (χ1v) is 7.96. The Morgan fingerprint density at radius 3 is 2.64 bits per heavy atom. The first-order valence-electron chi connectivity index (χ1n) is 7.96. The average molecular weight is 328 g/mol. The van der Waals surface area contributed by atoms with Crippen molar-refractivity contribution in [3.63, 3.8) is 0 Å². The van der Waals surface area contributed by atoms with Crippen LogP contribution in [0.1, 0.15) is 16.7 Å². The Labute approximate surface area is 144 Å². The van der Waals surface area contributed by atoms with Crippen molar-refractivity contribution in [1.82, 2.24) is 9.38 Å². The molecule has 0 bridgehead atoms. The second kappa shape index (κ2) is 5.53. The van der Waals surface area contributed by atoms with Gasteiger partial charge in [0.1, 0.15) is 17.6 Å². The monoisotopic (exact) mass is 328 g/mol. The number of rotatable bonds is 2. The Morgan fingerprint density at radius 1 is 1.08 bits per heavy atom. The number of nitrogens with one attached hydrogen (secondary N) is 1. The summed E-state index contributed by atoms with van der Waals surface area (Å²) in [5.41, 5.74) is 5.68. The number of hydrogen-bond donors (Lipinski definition) is 2. The van der Waals surface area contributed by atoms with Gasteiger partial charge >= 0.3 is 0 Å². The molecule has 5 heteroatoms. The lowest BCUT2D eigenvalue weighted by molar-refractivity contribution is 0.475. The topological polar surface area (TPSA) is 73.3 Å². The van der Waals surface area contributed by atoms with Gasteiger partial charge in [0.05, 0.1) is 16.6 Å². The lowest BCUT2D eigenvalue weighted by Gasteiger charge is -2.14. The maximum absolute atomic E-state index is 9.62. The van der Waals surface area contributed by atoms with Crippen LogP contribution in [0, 0.1) is 25.2 Å². The van der Waals surface area contributed by atoms with Gasteiger partial charge in [0, 0.05) is 5.69 Å². The van der Waals surface area contributed by atoms with Crippen molar-refractivity contribution in [3.8, 4) is 11.8 Å². The van der Waals surface area contributed by atoms with Crippen LogP contribution in [-0.2, 0) is 0 Å². The maximum Gasteiger partial charge on any atom is 0.157 e. The number of aromatic nitrogens is 2. The van der Waals surface area contributed by atoms with Crippen LogP contribution >= 0.6 is 0 Å². The van der Waals surface area contributed by atoms with Gasteiger partial charge in [0.25, 0.3) is 0 Å². The number of anilines is 2. The molecule has 0 saturated carbocycles. The minimum absolute atomic E-state index is 0.234. The fourth-order valence-electron chi connectivity index (χ4n) is 3.11. The summed E-state index contributed by atoms with van der Waals surface area (Å²) in [6, 6.07) is 17.2. The van der Waals surface area contributed by atoms with E-state index in [4.69, 9.17) is 0 Å². The molecule has 2 N–H and O–H groups in total. The number of nitrogens with zero attached hydrogens (tertiary/aromatic N) is 3. The van der Waals surface area contributed by atoms with Crippen LogP contribution in [0.4, 0.5) is 11.5 Å². The summed E-state index contributed by atoms with van der Waals surface area (Å²) < 4.78 is 1.97. The molecule has 25 heavy (non-hydrogen) atoms. The van der Waals surface area contributed by atoms with Crippen LogP contribution in [0.15, 0.2) is 48.5 Å². The molecule has 0 aliphatic heterocycles. The van der Waals surface area contributed by atoms with Gasteiger partial charge in [-0.2, -0.15) is 5.26 Å². The predicted molar refractivity (Wildman–Crippen MR) is 98.3 cm³/mol. The van der Waals surface area contributed by atoms with E-state index < -0.39 is 0 Å². The third-order valence-electron chi connectivity index (χ3n) is 4.36. The number of imidazole rings is 1. The molecule has 0 aliphatic rings. The number of hydrogen-bond acceptors (Lipinski definition) is 4. The van der Waals surface area contributed by atoms with Gasteiger partial charge in [-0.25, -0.2) is 4.98 Å². The van der Waals surface area contributed by atoms with Gasteiger partial charge in [0.15, 0.2) is 5.65 Å². The summed E-state index contributed by atoms with van der Waals surface area (Å²) in [4.78, 5) is 4.65. The summed E-state index contributed by atoms with van der Waals surface area (Å²) >= 11 is 0. The minimum Gasteiger partial charge on any atom is -0.508 e. The normalized spacial score (nSPS) is 10.9. The van der Waals surface area contributed by atoms with Crippen molar-refractivity contribution in [2.75, 3.05) is 5.32 Å². The fourth-order valence-corrected chi connectivity index (χ4v) is 3.11. The third-order valence-corrected chi connectivity index (χ3v) is 4.36. The number of nitriles is 1. The molecule has 0 spiro atoms. The van der Waals surface area contributed by atoms with Crippen molar-refractivity contribution in [2.24, 2.45) is 0 Å². The van der Waals surface area contributed by atoms with Crippen molar-refractivity contribution in [3.05, 3.63) is 65.2 Å². The van der Waals surface area contributed by atoms with Gasteiger partial charge in [0.2, 0.25) is 0 Å². The lowest BCUT2D eigenvalue weighted by atomic mass is 10.1. The van der Waals surface area contributed by atoms with E-state index in [2.05, 4.69) is 16.4 Å². The zero-order chi connectivity index (χ0) is 17.6. The standard InChI is InChI=1S/C20H16N4O/c1-12-10-19(22-16-8-7-14(25)9-13(16)2)24-18-6-4-3-5-17(18)23-20(24)15(12)11-21/h3-10,22,25H,1-2H3. The molecule has 0 aliphatic carbocycles. The molecule has 0 radical (unpaired) electrons. The number of benzene rings is 2. The molecule has 2 aromatic heterocycles. The number of phenolic OH excluding ortho intramolecular Hbond substituents is 1.